The van der Waals surface area contributed by atoms with E-state index >= 15 is 0 Å². The third-order valence-electron chi connectivity index (χ3n) is 4.65. The Kier molecular flexibility index (Phi) is 4.86. The average molecular weight is 426 g/mol. The zero-order valence-corrected chi connectivity index (χ0v) is 17.3. The van der Waals surface area contributed by atoms with Crippen LogP contribution in [0, 0.1) is 12.7 Å². The molecule has 2 N–H and O–H groups in total. The van der Waals surface area contributed by atoms with Gasteiger partial charge in [0.25, 0.3) is 0 Å². The number of hydrogen-bond acceptors (Lipinski definition) is 7. The fourth-order valence-corrected chi connectivity index (χ4v) is 4.13. The molecule has 0 atom stereocenters. The lowest BCUT2D eigenvalue weighted by Crippen LogP contribution is -2.13. The van der Waals surface area contributed by atoms with Crippen molar-refractivity contribution in [3.63, 3.8) is 0 Å². The van der Waals surface area contributed by atoms with E-state index in [1.807, 2.05) is 0 Å². The van der Waals surface area contributed by atoms with Gasteiger partial charge in [-0.1, -0.05) is 6.07 Å². The Morgan fingerprint density at radius 1 is 1.13 bits per heavy atom. The van der Waals surface area contributed by atoms with Gasteiger partial charge in [0.05, 0.1) is 10.4 Å². The second-order valence-corrected chi connectivity index (χ2v) is 8.90. The van der Waals surface area contributed by atoms with E-state index in [0.29, 0.717) is 33.8 Å². The Morgan fingerprint density at radius 2 is 1.93 bits per heavy atom. The van der Waals surface area contributed by atoms with Crippen molar-refractivity contribution in [2.24, 2.45) is 0 Å². The molecule has 0 aliphatic carbocycles. The molecule has 154 valence electrons. The summed E-state index contributed by atoms with van der Waals surface area (Å²) in [5, 5.41) is 10.8. The largest absolute Gasteiger partial charge is 0.324 e. The molecule has 0 spiro atoms. The molecule has 0 fully saturated rings. The third-order valence-corrected chi connectivity index (χ3v) is 5.89. The molecule has 0 saturated carbocycles. The predicted molar refractivity (Wildman–Crippen MR) is 114 cm³/mol. The summed E-state index contributed by atoms with van der Waals surface area (Å²) in [6, 6.07) is 11.1. The van der Waals surface area contributed by atoms with E-state index in [1.54, 1.807) is 55.4 Å². The second-order valence-electron chi connectivity index (χ2n) is 6.91. The van der Waals surface area contributed by atoms with Gasteiger partial charge in [-0.15, -0.1) is 0 Å². The summed E-state index contributed by atoms with van der Waals surface area (Å²) in [4.78, 5) is 10.6. The maximum Gasteiger partial charge on any atom is 0.229 e. The predicted octanol–water partition coefficient (Wildman–Crippen LogP) is 3.72. The highest BCUT2D eigenvalue weighted by Gasteiger charge is 2.15. The molecule has 4 rings (SSSR count). The highest BCUT2D eigenvalue weighted by atomic mass is 32.2. The number of aryl methyl sites for hydroxylation is 1. The number of benzene rings is 2. The van der Waals surface area contributed by atoms with E-state index in [1.165, 1.54) is 18.4 Å². The lowest BCUT2D eigenvalue weighted by atomic mass is 10.2. The van der Waals surface area contributed by atoms with Crippen LogP contribution in [0.2, 0.25) is 0 Å². The Balaban J connectivity index is 1.65. The van der Waals surface area contributed by atoms with Crippen molar-refractivity contribution >= 4 is 44.0 Å². The summed E-state index contributed by atoms with van der Waals surface area (Å²) >= 11 is 0. The van der Waals surface area contributed by atoms with Crippen LogP contribution in [0.25, 0.3) is 10.9 Å². The quantitative estimate of drug-likeness (QED) is 0.501. The maximum absolute atomic E-state index is 13.7. The molecule has 0 saturated heterocycles. The fourth-order valence-electron chi connectivity index (χ4n) is 3.14. The van der Waals surface area contributed by atoms with Gasteiger partial charge in [-0.3, -0.25) is 5.10 Å². The van der Waals surface area contributed by atoms with Crippen LogP contribution in [0.4, 0.5) is 27.7 Å². The van der Waals surface area contributed by atoms with Gasteiger partial charge in [0.15, 0.2) is 15.7 Å². The molecule has 0 unspecified atom stereocenters. The zero-order valence-electron chi connectivity index (χ0n) is 16.5. The van der Waals surface area contributed by atoms with Crippen molar-refractivity contribution in [2.45, 2.75) is 11.8 Å². The Bertz CT molecular complexity index is 1350. The molecular formula is C20H19FN6O2S. The standard InChI is InChI=1S/C20H19FN6O2S/c1-12-4-6-14(11-17(12)30(3,28)29)23-20-22-9-8-18(24-20)27(2)19-15-10-13(21)5-7-16(15)25-26-19/h4-11H,1-3H3,(H,25,26)(H,22,23,24). The first-order valence-electron chi connectivity index (χ1n) is 9.00. The van der Waals surface area contributed by atoms with Gasteiger partial charge in [-0.05, 0) is 48.9 Å². The Morgan fingerprint density at radius 3 is 2.70 bits per heavy atom. The summed E-state index contributed by atoms with van der Waals surface area (Å²) in [5.74, 6) is 0.975. The van der Waals surface area contributed by atoms with Crippen molar-refractivity contribution in [3.8, 4) is 0 Å². The number of hydrogen-bond donors (Lipinski definition) is 2. The molecule has 0 aliphatic heterocycles. The van der Waals surface area contributed by atoms with Crippen LogP contribution >= 0.6 is 0 Å². The lowest BCUT2D eigenvalue weighted by Gasteiger charge is -2.16. The molecule has 8 nitrogen and oxygen atoms in total. The molecule has 2 heterocycles. The molecule has 0 bridgehead atoms. The first-order valence-corrected chi connectivity index (χ1v) is 10.9. The molecule has 0 radical (unpaired) electrons. The van der Waals surface area contributed by atoms with Gasteiger partial charge in [0, 0.05) is 30.6 Å². The molecular weight excluding hydrogens is 407 g/mol. The summed E-state index contributed by atoms with van der Waals surface area (Å²) in [5.41, 5.74) is 1.92. The minimum absolute atomic E-state index is 0.241. The maximum atomic E-state index is 13.7. The minimum atomic E-state index is -3.36. The van der Waals surface area contributed by atoms with Crippen molar-refractivity contribution < 1.29 is 12.8 Å². The van der Waals surface area contributed by atoms with E-state index in [9.17, 15) is 12.8 Å². The highest BCUT2D eigenvalue weighted by molar-refractivity contribution is 7.90. The third kappa shape index (κ3) is 3.81. The fraction of sp³-hybridized carbons (Fsp3) is 0.150. The summed E-state index contributed by atoms with van der Waals surface area (Å²) < 4.78 is 37.6. The SMILES string of the molecule is Cc1ccc(Nc2nccc(N(C)c3n[nH]c4ccc(F)cc34)n2)cc1S(C)(=O)=O. The van der Waals surface area contributed by atoms with Crippen LogP contribution in [0.1, 0.15) is 5.56 Å². The van der Waals surface area contributed by atoms with Gasteiger partial charge in [-0.25, -0.2) is 17.8 Å². The van der Waals surface area contributed by atoms with E-state index in [4.69, 9.17) is 0 Å². The summed E-state index contributed by atoms with van der Waals surface area (Å²) in [7, 11) is -1.59. The molecule has 0 amide bonds. The van der Waals surface area contributed by atoms with Crippen LogP contribution < -0.4 is 10.2 Å². The van der Waals surface area contributed by atoms with E-state index < -0.39 is 9.84 Å². The number of halogens is 1. The number of aromatic nitrogens is 4. The van der Waals surface area contributed by atoms with Crippen molar-refractivity contribution in [1.82, 2.24) is 20.2 Å². The number of nitrogens with one attached hydrogen (secondary N) is 2. The number of H-pyrrole nitrogens is 1. The first kappa shape index (κ1) is 19.8. The Labute approximate surface area is 172 Å². The number of nitrogens with zero attached hydrogens (tertiary/aromatic N) is 4. The molecule has 0 aliphatic rings. The van der Waals surface area contributed by atoms with E-state index in [-0.39, 0.29) is 16.7 Å². The number of aromatic amines is 1. The lowest BCUT2D eigenvalue weighted by molar-refractivity contribution is 0.601. The van der Waals surface area contributed by atoms with Crippen molar-refractivity contribution in [1.29, 1.82) is 0 Å². The minimum Gasteiger partial charge on any atom is -0.324 e. The summed E-state index contributed by atoms with van der Waals surface area (Å²) in [6.45, 7) is 1.74. The van der Waals surface area contributed by atoms with Crippen LogP contribution in [0.15, 0.2) is 53.6 Å². The van der Waals surface area contributed by atoms with E-state index in [0.717, 1.165) is 0 Å². The number of rotatable bonds is 5. The molecule has 2 aromatic carbocycles. The van der Waals surface area contributed by atoms with Gasteiger partial charge < -0.3 is 10.2 Å². The Hall–Kier alpha value is -3.53. The number of fused-ring (bicyclic) bond motifs is 1. The van der Waals surface area contributed by atoms with Crippen LogP contribution in [-0.2, 0) is 9.84 Å². The van der Waals surface area contributed by atoms with Gasteiger partial charge in [-0.2, -0.15) is 10.1 Å². The number of anilines is 4. The zero-order chi connectivity index (χ0) is 21.5. The normalized spacial score (nSPS) is 11.6. The van der Waals surface area contributed by atoms with Gasteiger partial charge in [0.2, 0.25) is 5.95 Å². The summed E-state index contributed by atoms with van der Waals surface area (Å²) in [6.07, 6.45) is 2.74. The van der Waals surface area contributed by atoms with Crippen LogP contribution in [0.3, 0.4) is 0 Å². The first-order chi connectivity index (χ1) is 14.2. The topological polar surface area (TPSA) is 104 Å². The molecule has 10 heteroatoms. The van der Waals surface area contributed by atoms with Crippen LogP contribution in [0.5, 0.6) is 0 Å². The van der Waals surface area contributed by atoms with Crippen molar-refractivity contribution in [3.05, 3.63) is 60.0 Å². The number of sulfone groups is 1. The smallest absolute Gasteiger partial charge is 0.229 e. The molecule has 30 heavy (non-hydrogen) atoms. The van der Waals surface area contributed by atoms with Crippen LogP contribution in [-0.4, -0.2) is 41.9 Å². The van der Waals surface area contributed by atoms with Crippen molar-refractivity contribution in [2.75, 3.05) is 23.5 Å². The average Bonchev–Trinajstić information content (AvgIpc) is 3.11. The molecule has 4 aromatic rings. The van der Waals surface area contributed by atoms with Gasteiger partial charge >= 0.3 is 0 Å². The highest BCUT2D eigenvalue weighted by Crippen LogP contribution is 2.29. The van der Waals surface area contributed by atoms with E-state index in [2.05, 4.69) is 25.5 Å². The second kappa shape index (κ2) is 7.38. The molecule has 2 aromatic heterocycles. The van der Waals surface area contributed by atoms with Gasteiger partial charge in [0.1, 0.15) is 11.6 Å². The monoisotopic (exact) mass is 426 g/mol.